The highest BCUT2D eigenvalue weighted by molar-refractivity contribution is 5.73. The number of amides is 2. The Morgan fingerprint density at radius 1 is 1.80 bits per heavy atom. The Labute approximate surface area is 88.4 Å². The minimum atomic E-state index is -0.400. The zero-order valence-corrected chi connectivity index (χ0v) is 8.60. The summed E-state index contributed by atoms with van der Waals surface area (Å²) in [5, 5.41) is 2.60. The molecule has 82 valence electrons. The molecule has 0 radical (unpaired) electrons. The molecule has 15 heavy (non-hydrogen) atoms. The van der Waals surface area contributed by atoms with Crippen molar-refractivity contribution in [1.82, 2.24) is 10.2 Å². The van der Waals surface area contributed by atoms with Crippen LogP contribution in [0.25, 0.3) is 0 Å². The standard InChI is InChI=1S/C10H14N2O3/c1-3-4-5-12-7-9(15-10(12)14)6-11-8(2)13/h3-5,9H,1,6-7H2,2H3,(H,11,13)/b5-4+. The maximum atomic E-state index is 11.2. The molecule has 1 atom stereocenters. The molecule has 1 fully saturated rings. The third-order valence-electron chi connectivity index (χ3n) is 1.88. The maximum absolute atomic E-state index is 11.2. The monoisotopic (exact) mass is 210 g/mol. The molecule has 2 amide bonds. The maximum Gasteiger partial charge on any atom is 0.414 e. The number of nitrogens with zero attached hydrogens (tertiary/aromatic N) is 1. The van der Waals surface area contributed by atoms with Crippen molar-refractivity contribution in [1.29, 1.82) is 0 Å². The Balaban J connectivity index is 2.41. The van der Waals surface area contributed by atoms with Gasteiger partial charge in [-0.3, -0.25) is 9.69 Å². The predicted molar refractivity (Wildman–Crippen MR) is 55.0 cm³/mol. The zero-order valence-electron chi connectivity index (χ0n) is 8.60. The van der Waals surface area contributed by atoms with Crippen LogP contribution in [-0.4, -0.2) is 36.1 Å². The van der Waals surface area contributed by atoms with Gasteiger partial charge in [0.25, 0.3) is 0 Å². The van der Waals surface area contributed by atoms with Crippen LogP contribution in [0.15, 0.2) is 24.9 Å². The van der Waals surface area contributed by atoms with E-state index in [2.05, 4.69) is 11.9 Å². The first kappa shape index (κ1) is 11.3. The molecule has 1 aliphatic heterocycles. The van der Waals surface area contributed by atoms with E-state index in [1.165, 1.54) is 11.8 Å². The van der Waals surface area contributed by atoms with Crippen molar-refractivity contribution < 1.29 is 14.3 Å². The summed E-state index contributed by atoms with van der Waals surface area (Å²) in [7, 11) is 0. The molecular weight excluding hydrogens is 196 g/mol. The van der Waals surface area contributed by atoms with Gasteiger partial charge in [0.2, 0.25) is 5.91 Å². The molecule has 0 aromatic rings. The summed E-state index contributed by atoms with van der Waals surface area (Å²) in [6.45, 7) is 5.72. The SMILES string of the molecule is C=C/C=C/N1CC(CNC(C)=O)OC1=O. The van der Waals surface area contributed by atoms with E-state index in [1.54, 1.807) is 18.4 Å². The summed E-state index contributed by atoms with van der Waals surface area (Å²) in [4.78, 5) is 23.3. The average molecular weight is 210 g/mol. The number of carbonyl (C=O) groups is 2. The van der Waals surface area contributed by atoms with E-state index < -0.39 is 6.09 Å². The Bertz CT molecular complexity index is 299. The quantitative estimate of drug-likeness (QED) is 0.693. The fraction of sp³-hybridized carbons (Fsp3) is 0.400. The molecule has 0 bridgehead atoms. The van der Waals surface area contributed by atoms with Crippen molar-refractivity contribution in [2.75, 3.05) is 13.1 Å². The van der Waals surface area contributed by atoms with Crippen molar-refractivity contribution in [2.45, 2.75) is 13.0 Å². The van der Waals surface area contributed by atoms with Crippen molar-refractivity contribution >= 4 is 12.0 Å². The summed E-state index contributed by atoms with van der Waals surface area (Å²) in [6, 6.07) is 0. The molecule has 1 rings (SSSR count). The molecule has 1 aliphatic rings. The molecule has 0 aliphatic carbocycles. The molecule has 0 aromatic heterocycles. The van der Waals surface area contributed by atoms with Gasteiger partial charge < -0.3 is 10.1 Å². The van der Waals surface area contributed by atoms with E-state index in [0.717, 1.165) is 0 Å². The van der Waals surface area contributed by atoms with Crippen LogP contribution in [0, 0.1) is 0 Å². The van der Waals surface area contributed by atoms with Crippen LogP contribution in [0.2, 0.25) is 0 Å². The van der Waals surface area contributed by atoms with Crippen molar-refractivity contribution in [3.63, 3.8) is 0 Å². The van der Waals surface area contributed by atoms with Crippen molar-refractivity contribution in [2.24, 2.45) is 0 Å². The fourth-order valence-corrected chi connectivity index (χ4v) is 1.19. The van der Waals surface area contributed by atoms with Crippen molar-refractivity contribution in [3.8, 4) is 0 Å². The molecule has 1 unspecified atom stereocenters. The minimum absolute atomic E-state index is 0.133. The van der Waals surface area contributed by atoms with E-state index in [0.29, 0.717) is 13.1 Å². The first-order chi connectivity index (χ1) is 7.13. The van der Waals surface area contributed by atoms with Crippen LogP contribution < -0.4 is 5.32 Å². The van der Waals surface area contributed by atoms with E-state index in [9.17, 15) is 9.59 Å². The number of cyclic esters (lactones) is 1. The lowest BCUT2D eigenvalue weighted by Crippen LogP contribution is -2.32. The third kappa shape index (κ3) is 3.46. The zero-order chi connectivity index (χ0) is 11.3. The lowest BCUT2D eigenvalue weighted by molar-refractivity contribution is -0.119. The molecule has 5 heteroatoms. The fourth-order valence-electron chi connectivity index (χ4n) is 1.19. The van der Waals surface area contributed by atoms with Gasteiger partial charge in [-0.05, 0) is 6.08 Å². The topological polar surface area (TPSA) is 58.6 Å². The van der Waals surface area contributed by atoms with Crippen LogP contribution in [0.5, 0.6) is 0 Å². The van der Waals surface area contributed by atoms with Gasteiger partial charge in [0.15, 0.2) is 0 Å². The van der Waals surface area contributed by atoms with Gasteiger partial charge in [-0.15, -0.1) is 0 Å². The number of nitrogens with one attached hydrogen (secondary N) is 1. The summed E-state index contributed by atoms with van der Waals surface area (Å²) in [5.74, 6) is -0.133. The number of rotatable bonds is 4. The smallest absolute Gasteiger partial charge is 0.414 e. The lowest BCUT2D eigenvalue weighted by Gasteiger charge is -2.07. The van der Waals surface area contributed by atoms with Crippen molar-refractivity contribution in [3.05, 3.63) is 24.9 Å². The summed E-state index contributed by atoms with van der Waals surface area (Å²) in [5.41, 5.74) is 0. The molecule has 1 saturated heterocycles. The minimum Gasteiger partial charge on any atom is -0.442 e. The lowest BCUT2D eigenvalue weighted by atomic mass is 10.3. The predicted octanol–water partition coefficient (Wildman–Crippen LogP) is 0.643. The molecule has 1 N–H and O–H groups in total. The molecule has 0 saturated carbocycles. The Hall–Kier alpha value is -1.78. The first-order valence-corrected chi connectivity index (χ1v) is 4.64. The van der Waals surface area contributed by atoms with Crippen LogP contribution in [0.1, 0.15) is 6.92 Å². The number of carbonyl (C=O) groups excluding carboxylic acids is 2. The average Bonchev–Trinajstić information content (AvgIpc) is 2.53. The van der Waals surface area contributed by atoms with Crippen LogP contribution >= 0.6 is 0 Å². The van der Waals surface area contributed by atoms with Gasteiger partial charge in [-0.2, -0.15) is 0 Å². The number of ether oxygens (including phenoxy) is 1. The normalized spacial score (nSPS) is 20.5. The van der Waals surface area contributed by atoms with Gasteiger partial charge in [-0.25, -0.2) is 4.79 Å². The first-order valence-electron chi connectivity index (χ1n) is 4.64. The van der Waals surface area contributed by atoms with Gasteiger partial charge in [0.1, 0.15) is 6.10 Å². The number of allylic oxidation sites excluding steroid dienone is 2. The van der Waals surface area contributed by atoms with E-state index >= 15 is 0 Å². The third-order valence-corrected chi connectivity index (χ3v) is 1.88. The van der Waals surface area contributed by atoms with Crippen LogP contribution in [0.4, 0.5) is 4.79 Å². The number of hydrogen-bond acceptors (Lipinski definition) is 3. The summed E-state index contributed by atoms with van der Waals surface area (Å²) in [6.07, 6.45) is 4.15. The highest BCUT2D eigenvalue weighted by Gasteiger charge is 2.29. The number of hydrogen-bond donors (Lipinski definition) is 1. The van der Waals surface area contributed by atoms with Crippen LogP contribution in [0.3, 0.4) is 0 Å². The second kappa shape index (κ2) is 5.19. The Morgan fingerprint density at radius 3 is 3.13 bits per heavy atom. The summed E-state index contributed by atoms with van der Waals surface area (Å²) < 4.78 is 5.01. The molecule has 0 aromatic carbocycles. The van der Waals surface area contributed by atoms with Gasteiger partial charge in [0, 0.05) is 13.1 Å². The second-order valence-corrected chi connectivity index (χ2v) is 3.17. The van der Waals surface area contributed by atoms with Gasteiger partial charge in [-0.1, -0.05) is 12.7 Å². The summed E-state index contributed by atoms with van der Waals surface area (Å²) >= 11 is 0. The van der Waals surface area contributed by atoms with E-state index in [4.69, 9.17) is 4.74 Å². The molecule has 1 heterocycles. The molecule has 5 nitrogen and oxygen atoms in total. The Kier molecular flexibility index (Phi) is 3.91. The van der Waals surface area contributed by atoms with E-state index in [1.807, 2.05) is 0 Å². The largest absolute Gasteiger partial charge is 0.442 e. The molecular formula is C10H14N2O3. The van der Waals surface area contributed by atoms with Crippen LogP contribution in [-0.2, 0) is 9.53 Å². The Morgan fingerprint density at radius 2 is 2.53 bits per heavy atom. The second-order valence-electron chi connectivity index (χ2n) is 3.17. The highest BCUT2D eigenvalue weighted by Crippen LogP contribution is 2.10. The van der Waals surface area contributed by atoms with E-state index in [-0.39, 0.29) is 12.0 Å². The highest BCUT2D eigenvalue weighted by atomic mass is 16.6. The van der Waals surface area contributed by atoms with Gasteiger partial charge >= 0.3 is 6.09 Å². The molecule has 0 spiro atoms. The van der Waals surface area contributed by atoms with Gasteiger partial charge in [0.05, 0.1) is 13.1 Å².